The molecule has 0 amide bonds. The zero-order valence-corrected chi connectivity index (χ0v) is 10.9. The number of hydrogen-bond donors (Lipinski definition) is 1. The monoisotopic (exact) mass is 220 g/mol. The molecule has 2 saturated carbocycles. The van der Waals surface area contributed by atoms with Gasteiger partial charge in [-0.15, -0.1) is 0 Å². The van der Waals surface area contributed by atoms with Gasteiger partial charge in [-0.25, -0.2) is 0 Å². The van der Waals surface area contributed by atoms with E-state index in [0.717, 1.165) is 23.7 Å². The first kappa shape index (κ1) is 10.8. The Bertz CT molecular complexity index is 343. The lowest BCUT2D eigenvalue weighted by Crippen LogP contribution is -2.67. The molecule has 90 valence electrons. The van der Waals surface area contributed by atoms with Crippen LogP contribution in [0.2, 0.25) is 0 Å². The standard InChI is InChI=1S/C15H24O/c1-8(2)10-5-6-15(4)13-9(3)7-11(16)14(15)12(10)13/h7-8,10-14,16H,5-6H2,1-4H3/t10-,11+,12-,13?,14?,15+/m0/s1. The third kappa shape index (κ3) is 1.06. The minimum Gasteiger partial charge on any atom is -0.389 e. The molecule has 0 saturated heterocycles. The third-order valence-corrected chi connectivity index (χ3v) is 5.93. The van der Waals surface area contributed by atoms with Crippen LogP contribution >= 0.6 is 0 Å². The van der Waals surface area contributed by atoms with Gasteiger partial charge in [0, 0.05) is 0 Å². The lowest BCUT2D eigenvalue weighted by Gasteiger charge is -2.71. The molecule has 0 spiro atoms. The van der Waals surface area contributed by atoms with Crippen LogP contribution in [0.4, 0.5) is 0 Å². The van der Waals surface area contributed by atoms with E-state index in [2.05, 4.69) is 33.8 Å². The molecule has 2 fully saturated rings. The lowest BCUT2D eigenvalue weighted by atomic mass is 9.34. The van der Waals surface area contributed by atoms with Crippen molar-refractivity contribution in [3.63, 3.8) is 0 Å². The first-order valence-electron chi connectivity index (χ1n) is 6.83. The van der Waals surface area contributed by atoms with Gasteiger partial charge in [-0.2, -0.15) is 0 Å². The zero-order valence-electron chi connectivity index (χ0n) is 10.9. The van der Waals surface area contributed by atoms with Gasteiger partial charge in [0.25, 0.3) is 0 Å². The number of rotatable bonds is 1. The fourth-order valence-electron chi connectivity index (χ4n) is 5.38. The summed E-state index contributed by atoms with van der Waals surface area (Å²) in [5.74, 6) is 3.73. The number of allylic oxidation sites excluding steroid dienone is 1. The summed E-state index contributed by atoms with van der Waals surface area (Å²) in [5, 5.41) is 10.3. The van der Waals surface area contributed by atoms with E-state index in [4.69, 9.17) is 0 Å². The van der Waals surface area contributed by atoms with Crippen LogP contribution in [-0.2, 0) is 0 Å². The van der Waals surface area contributed by atoms with Gasteiger partial charge in [0.15, 0.2) is 0 Å². The predicted molar refractivity (Wildman–Crippen MR) is 65.9 cm³/mol. The summed E-state index contributed by atoms with van der Waals surface area (Å²) >= 11 is 0. The van der Waals surface area contributed by atoms with E-state index in [9.17, 15) is 5.11 Å². The van der Waals surface area contributed by atoms with Crippen molar-refractivity contribution >= 4 is 0 Å². The maximum atomic E-state index is 10.3. The summed E-state index contributed by atoms with van der Waals surface area (Å²) in [6.07, 6.45) is 4.66. The summed E-state index contributed by atoms with van der Waals surface area (Å²) in [5.41, 5.74) is 1.89. The number of hydrogen-bond acceptors (Lipinski definition) is 1. The van der Waals surface area contributed by atoms with Crippen LogP contribution in [0.15, 0.2) is 11.6 Å². The molecule has 2 unspecified atom stereocenters. The highest BCUT2D eigenvalue weighted by Gasteiger charge is 2.67. The highest BCUT2D eigenvalue weighted by Crippen LogP contribution is 2.71. The highest BCUT2D eigenvalue weighted by atomic mass is 16.3. The molecule has 0 aromatic carbocycles. The molecule has 0 radical (unpaired) electrons. The average molecular weight is 220 g/mol. The van der Waals surface area contributed by atoms with Gasteiger partial charge in [-0.1, -0.05) is 32.4 Å². The fraction of sp³-hybridized carbons (Fsp3) is 0.867. The molecule has 6 atom stereocenters. The highest BCUT2D eigenvalue weighted by molar-refractivity contribution is 5.31. The molecule has 0 aromatic rings. The van der Waals surface area contributed by atoms with Crippen molar-refractivity contribution in [2.75, 3.05) is 0 Å². The van der Waals surface area contributed by atoms with Crippen LogP contribution in [0, 0.1) is 35.0 Å². The van der Waals surface area contributed by atoms with Crippen molar-refractivity contribution in [2.45, 2.75) is 46.6 Å². The van der Waals surface area contributed by atoms with Crippen LogP contribution in [0.5, 0.6) is 0 Å². The molecule has 0 heterocycles. The molecule has 1 N–H and O–H groups in total. The Morgan fingerprint density at radius 3 is 2.69 bits per heavy atom. The normalized spacial score (nSPS) is 54.6. The van der Waals surface area contributed by atoms with E-state index in [1.807, 2.05) is 0 Å². The molecule has 0 aliphatic heterocycles. The van der Waals surface area contributed by atoms with Gasteiger partial charge in [-0.3, -0.25) is 0 Å². The molecule has 1 heteroatoms. The van der Waals surface area contributed by atoms with Gasteiger partial charge in [0.05, 0.1) is 6.10 Å². The molecule has 4 rings (SSSR count). The van der Waals surface area contributed by atoms with E-state index in [1.165, 1.54) is 18.4 Å². The summed E-state index contributed by atoms with van der Waals surface area (Å²) in [4.78, 5) is 0. The van der Waals surface area contributed by atoms with Gasteiger partial charge in [0.2, 0.25) is 0 Å². The SMILES string of the molecule is CC1=C[C@@H](O)C2[C@@H]3C1[C@@]2(C)CC[C@H]3C(C)C. The molecule has 1 nitrogen and oxygen atoms in total. The molecular weight excluding hydrogens is 196 g/mol. The van der Waals surface area contributed by atoms with Crippen molar-refractivity contribution in [1.29, 1.82) is 0 Å². The first-order chi connectivity index (χ1) is 7.47. The smallest absolute Gasteiger partial charge is 0.0760 e. The van der Waals surface area contributed by atoms with Crippen molar-refractivity contribution in [1.82, 2.24) is 0 Å². The van der Waals surface area contributed by atoms with Crippen molar-refractivity contribution in [3.05, 3.63) is 11.6 Å². The number of aliphatic hydroxyl groups is 1. The second kappa shape index (κ2) is 3.13. The Hall–Kier alpha value is -0.300. The van der Waals surface area contributed by atoms with E-state index in [1.54, 1.807) is 0 Å². The summed E-state index contributed by atoms with van der Waals surface area (Å²) in [6.45, 7) is 9.35. The van der Waals surface area contributed by atoms with E-state index >= 15 is 0 Å². The van der Waals surface area contributed by atoms with Crippen LogP contribution < -0.4 is 0 Å². The second-order valence-corrected chi connectivity index (χ2v) is 6.93. The fourth-order valence-corrected chi connectivity index (χ4v) is 5.38. The Kier molecular flexibility index (Phi) is 2.12. The van der Waals surface area contributed by atoms with Crippen molar-refractivity contribution in [3.8, 4) is 0 Å². The first-order valence-corrected chi connectivity index (χ1v) is 6.83. The number of aliphatic hydroxyl groups excluding tert-OH is 1. The van der Waals surface area contributed by atoms with Crippen molar-refractivity contribution in [2.24, 2.45) is 35.0 Å². The summed E-state index contributed by atoms with van der Waals surface area (Å²) in [7, 11) is 0. The van der Waals surface area contributed by atoms with Crippen LogP contribution in [0.3, 0.4) is 0 Å². The minimum absolute atomic E-state index is 0.165. The maximum absolute atomic E-state index is 10.3. The summed E-state index contributed by atoms with van der Waals surface area (Å²) in [6, 6.07) is 0. The average Bonchev–Trinajstić information content (AvgIpc) is 2.15. The molecule has 4 aliphatic rings. The van der Waals surface area contributed by atoms with E-state index < -0.39 is 0 Å². The van der Waals surface area contributed by atoms with Gasteiger partial charge in [-0.05, 0) is 54.8 Å². The lowest BCUT2D eigenvalue weighted by molar-refractivity contribution is -0.215. The van der Waals surface area contributed by atoms with Gasteiger partial charge < -0.3 is 5.11 Å². The van der Waals surface area contributed by atoms with E-state index in [-0.39, 0.29) is 6.10 Å². The molecule has 0 aromatic heterocycles. The maximum Gasteiger partial charge on any atom is 0.0760 e. The predicted octanol–water partition coefficient (Wildman–Crippen LogP) is 3.24. The third-order valence-electron chi connectivity index (χ3n) is 5.93. The Balaban J connectivity index is 1.99. The topological polar surface area (TPSA) is 20.2 Å². The largest absolute Gasteiger partial charge is 0.389 e. The minimum atomic E-state index is -0.165. The Morgan fingerprint density at radius 1 is 1.44 bits per heavy atom. The molecular formula is C15H24O. The Morgan fingerprint density at radius 2 is 2.12 bits per heavy atom. The van der Waals surface area contributed by atoms with E-state index in [0.29, 0.717) is 11.3 Å². The Labute approximate surface area is 98.9 Å². The summed E-state index contributed by atoms with van der Waals surface area (Å²) < 4.78 is 0. The van der Waals surface area contributed by atoms with Crippen LogP contribution in [0.1, 0.15) is 40.5 Å². The van der Waals surface area contributed by atoms with Crippen LogP contribution in [0.25, 0.3) is 0 Å². The number of fused-ring (bicyclic) bond motifs is 1. The zero-order chi connectivity index (χ0) is 11.7. The molecule has 4 bridgehead atoms. The van der Waals surface area contributed by atoms with Crippen molar-refractivity contribution < 1.29 is 5.11 Å². The molecule has 4 aliphatic carbocycles. The quantitative estimate of drug-likeness (QED) is 0.673. The molecule has 16 heavy (non-hydrogen) atoms. The second-order valence-electron chi connectivity index (χ2n) is 6.93. The van der Waals surface area contributed by atoms with Crippen LogP contribution in [-0.4, -0.2) is 11.2 Å². The van der Waals surface area contributed by atoms with Gasteiger partial charge in [0.1, 0.15) is 0 Å². The van der Waals surface area contributed by atoms with Gasteiger partial charge >= 0.3 is 0 Å².